The molecule has 0 unspecified atom stereocenters. The Morgan fingerprint density at radius 1 is 1.04 bits per heavy atom. The molecule has 0 fully saturated rings. The molecule has 3 heterocycles. The smallest absolute Gasteiger partial charge is 0.161 e. The van der Waals surface area contributed by atoms with Gasteiger partial charge in [0.1, 0.15) is 23.3 Å². The van der Waals surface area contributed by atoms with Gasteiger partial charge < -0.3 is 5.32 Å². The summed E-state index contributed by atoms with van der Waals surface area (Å²) in [6.45, 7) is -0.585. The minimum Gasteiger partial charge on any atom is -0.337 e. The van der Waals surface area contributed by atoms with Gasteiger partial charge in [0.2, 0.25) is 0 Å². The number of halogens is 2. The molecule has 3 aromatic heterocycles. The van der Waals surface area contributed by atoms with Gasteiger partial charge >= 0.3 is 0 Å². The molecule has 0 bridgehead atoms. The average molecular weight is 386 g/mol. The van der Waals surface area contributed by atoms with E-state index in [2.05, 4.69) is 25.3 Å². The Morgan fingerprint density at radius 3 is 2.62 bits per heavy atom. The van der Waals surface area contributed by atoms with Crippen molar-refractivity contribution in [1.82, 2.24) is 19.9 Å². The van der Waals surface area contributed by atoms with Gasteiger partial charge in [0.15, 0.2) is 5.82 Å². The zero-order chi connectivity index (χ0) is 17.9. The fourth-order valence-electron chi connectivity index (χ4n) is 2.46. The summed E-state index contributed by atoms with van der Waals surface area (Å²) >= 11 is 7.46. The third kappa shape index (κ3) is 3.63. The average Bonchev–Trinajstić information content (AvgIpc) is 3.08. The van der Waals surface area contributed by atoms with Gasteiger partial charge in [0.25, 0.3) is 0 Å². The van der Waals surface area contributed by atoms with E-state index in [0.717, 1.165) is 21.1 Å². The summed E-state index contributed by atoms with van der Waals surface area (Å²) in [5.41, 5.74) is 2.94. The van der Waals surface area contributed by atoms with Crippen molar-refractivity contribution >= 4 is 44.8 Å². The summed E-state index contributed by atoms with van der Waals surface area (Å²) < 4.78 is 12.6. The predicted molar refractivity (Wildman–Crippen MR) is 102 cm³/mol. The summed E-state index contributed by atoms with van der Waals surface area (Å²) in [4.78, 5) is 18.1. The normalized spacial score (nSPS) is 11.0. The Kier molecular flexibility index (Phi) is 4.73. The van der Waals surface area contributed by atoms with E-state index in [9.17, 15) is 4.39 Å². The number of fused-ring (bicyclic) bond motifs is 1. The van der Waals surface area contributed by atoms with Crippen molar-refractivity contribution in [2.75, 3.05) is 5.32 Å². The van der Waals surface area contributed by atoms with Crippen molar-refractivity contribution in [2.45, 2.75) is 13.1 Å². The van der Waals surface area contributed by atoms with Crippen LogP contribution >= 0.6 is 22.9 Å². The summed E-state index contributed by atoms with van der Waals surface area (Å²) in [5, 5.41) is 4.83. The number of nitrogens with one attached hydrogen (secondary N) is 1. The largest absolute Gasteiger partial charge is 0.337 e. The molecule has 8 heteroatoms. The summed E-state index contributed by atoms with van der Waals surface area (Å²) in [5.74, 6) is 0.600. The highest BCUT2D eigenvalue weighted by Gasteiger charge is 2.11. The molecule has 0 aliphatic heterocycles. The Hall–Kier alpha value is -2.64. The second kappa shape index (κ2) is 7.31. The van der Waals surface area contributed by atoms with Gasteiger partial charge in [-0.15, -0.1) is 0 Å². The number of alkyl halides is 1. The summed E-state index contributed by atoms with van der Waals surface area (Å²) in [6.07, 6.45) is 3.77. The molecule has 0 aliphatic carbocycles. The maximum Gasteiger partial charge on any atom is 0.161 e. The third-order valence-electron chi connectivity index (χ3n) is 3.73. The first-order chi connectivity index (χ1) is 12.7. The van der Waals surface area contributed by atoms with Crippen LogP contribution in [0.15, 0.2) is 48.9 Å². The number of hydrogen-bond acceptors (Lipinski definition) is 6. The van der Waals surface area contributed by atoms with Gasteiger partial charge in [-0.3, -0.25) is 4.98 Å². The first-order valence-corrected chi connectivity index (χ1v) is 9.03. The lowest BCUT2D eigenvalue weighted by molar-refractivity contribution is 0.476. The van der Waals surface area contributed by atoms with Crippen LogP contribution in [0.1, 0.15) is 16.3 Å². The van der Waals surface area contributed by atoms with Crippen molar-refractivity contribution < 1.29 is 4.39 Å². The molecule has 0 amide bonds. The van der Waals surface area contributed by atoms with E-state index in [0.29, 0.717) is 28.5 Å². The van der Waals surface area contributed by atoms with Gasteiger partial charge in [-0.2, -0.15) is 0 Å². The molecule has 0 spiro atoms. The predicted octanol–water partition coefficient (Wildman–Crippen LogP) is 4.94. The van der Waals surface area contributed by atoms with Crippen LogP contribution in [-0.4, -0.2) is 19.9 Å². The van der Waals surface area contributed by atoms with Crippen LogP contribution in [0, 0.1) is 0 Å². The van der Waals surface area contributed by atoms with Crippen molar-refractivity contribution in [3.8, 4) is 0 Å². The number of anilines is 2. The molecule has 0 aliphatic rings. The molecule has 1 aromatic carbocycles. The second-order valence-corrected chi connectivity index (χ2v) is 7.08. The quantitative estimate of drug-likeness (QED) is 0.527. The van der Waals surface area contributed by atoms with E-state index in [4.69, 9.17) is 11.6 Å². The highest BCUT2D eigenvalue weighted by atomic mass is 35.5. The fourth-order valence-corrected chi connectivity index (χ4v) is 3.52. The van der Waals surface area contributed by atoms with E-state index < -0.39 is 6.67 Å². The van der Waals surface area contributed by atoms with Crippen LogP contribution in [0.2, 0.25) is 5.02 Å². The Labute approximate surface area is 157 Å². The molecule has 4 aromatic rings. The van der Waals surface area contributed by atoms with Gasteiger partial charge in [-0.25, -0.2) is 19.3 Å². The highest BCUT2D eigenvalue weighted by molar-refractivity contribution is 7.18. The van der Waals surface area contributed by atoms with Gasteiger partial charge in [-0.05, 0) is 29.8 Å². The standard InChI is InChI=1S/C18H13ClFN5S/c19-12-3-1-11(2-4-12)7-15-25-16-17(22-10-23-18(16)26-15)24-14-6-5-13(8-20)21-9-14/h1-6,9-10H,7-8H2,(H,22,23,24). The molecule has 0 atom stereocenters. The van der Waals surface area contributed by atoms with Crippen LogP contribution in [0.5, 0.6) is 0 Å². The highest BCUT2D eigenvalue weighted by Crippen LogP contribution is 2.28. The van der Waals surface area contributed by atoms with Crippen LogP contribution in [0.3, 0.4) is 0 Å². The van der Waals surface area contributed by atoms with E-state index in [1.165, 1.54) is 17.7 Å². The Balaban J connectivity index is 1.61. The van der Waals surface area contributed by atoms with Crippen molar-refractivity contribution in [3.05, 3.63) is 70.2 Å². The number of benzene rings is 1. The van der Waals surface area contributed by atoms with Crippen molar-refractivity contribution in [3.63, 3.8) is 0 Å². The minimum atomic E-state index is -0.585. The molecule has 4 rings (SSSR count). The second-order valence-electron chi connectivity index (χ2n) is 5.58. The first kappa shape index (κ1) is 16.8. The monoisotopic (exact) mass is 385 g/mol. The lowest BCUT2D eigenvalue weighted by atomic mass is 10.2. The maximum atomic E-state index is 12.6. The number of rotatable bonds is 5. The van der Waals surface area contributed by atoms with Crippen LogP contribution < -0.4 is 5.32 Å². The van der Waals surface area contributed by atoms with Crippen LogP contribution in [-0.2, 0) is 13.1 Å². The van der Waals surface area contributed by atoms with Gasteiger partial charge in [-0.1, -0.05) is 35.1 Å². The maximum absolute atomic E-state index is 12.6. The molecular formula is C18H13ClFN5S. The molecule has 130 valence electrons. The van der Waals surface area contributed by atoms with E-state index >= 15 is 0 Å². The first-order valence-electron chi connectivity index (χ1n) is 7.84. The molecule has 5 nitrogen and oxygen atoms in total. The molecule has 0 saturated carbocycles. The van der Waals surface area contributed by atoms with Crippen molar-refractivity contribution in [2.24, 2.45) is 0 Å². The number of aromatic nitrogens is 4. The van der Waals surface area contributed by atoms with E-state index in [-0.39, 0.29) is 0 Å². The number of nitrogens with zero attached hydrogens (tertiary/aromatic N) is 4. The SMILES string of the molecule is FCc1ccc(Nc2ncnc3sc(Cc4ccc(Cl)cc4)nc23)cn1. The Bertz CT molecular complexity index is 1030. The lowest BCUT2D eigenvalue weighted by Gasteiger charge is -2.05. The van der Waals surface area contributed by atoms with Crippen LogP contribution in [0.4, 0.5) is 15.9 Å². The minimum absolute atomic E-state index is 0.391. The lowest BCUT2D eigenvalue weighted by Crippen LogP contribution is -1.97. The van der Waals surface area contributed by atoms with Gasteiger partial charge in [0.05, 0.1) is 22.6 Å². The molecular weight excluding hydrogens is 373 g/mol. The Morgan fingerprint density at radius 2 is 1.88 bits per heavy atom. The van der Waals surface area contributed by atoms with E-state index in [1.54, 1.807) is 18.3 Å². The zero-order valence-corrected chi connectivity index (χ0v) is 15.1. The fraction of sp³-hybridized carbons (Fsp3) is 0.111. The summed E-state index contributed by atoms with van der Waals surface area (Å²) in [6, 6.07) is 11.1. The van der Waals surface area contributed by atoms with Crippen molar-refractivity contribution in [1.29, 1.82) is 0 Å². The topological polar surface area (TPSA) is 63.6 Å². The molecule has 26 heavy (non-hydrogen) atoms. The number of thiazole rings is 1. The zero-order valence-electron chi connectivity index (χ0n) is 13.5. The number of hydrogen-bond donors (Lipinski definition) is 1. The molecule has 1 N–H and O–H groups in total. The van der Waals surface area contributed by atoms with Gasteiger partial charge in [0, 0.05) is 11.4 Å². The van der Waals surface area contributed by atoms with Crippen LogP contribution in [0.25, 0.3) is 10.3 Å². The number of pyridine rings is 1. The molecule has 0 radical (unpaired) electrons. The van der Waals surface area contributed by atoms with E-state index in [1.807, 2.05) is 24.3 Å². The molecule has 0 saturated heterocycles. The summed E-state index contributed by atoms with van der Waals surface area (Å²) in [7, 11) is 0. The third-order valence-corrected chi connectivity index (χ3v) is 4.95.